The molecule has 0 amide bonds. The van der Waals surface area contributed by atoms with Gasteiger partial charge in [0.1, 0.15) is 0 Å². The van der Waals surface area contributed by atoms with Gasteiger partial charge in [0.15, 0.2) is 0 Å². The first-order valence-corrected chi connectivity index (χ1v) is 6.74. The molecular formula is C16H24N2O. The third-order valence-electron chi connectivity index (χ3n) is 4.24. The van der Waals surface area contributed by atoms with Gasteiger partial charge in [-0.05, 0) is 48.4 Å². The topological polar surface area (TPSA) is 26.9 Å². The number of hydrogen-bond donors (Lipinski definition) is 0. The average molecular weight is 260 g/mol. The van der Waals surface area contributed by atoms with Gasteiger partial charge >= 0.3 is 5.69 Å². The van der Waals surface area contributed by atoms with Crippen molar-refractivity contribution in [1.29, 1.82) is 0 Å². The van der Waals surface area contributed by atoms with Gasteiger partial charge in [0.05, 0.1) is 11.0 Å². The molecule has 0 aliphatic heterocycles. The monoisotopic (exact) mass is 260 g/mol. The molecule has 0 spiro atoms. The molecule has 0 unspecified atom stereocenters. The second-order valence-corrected chi connectivity index (χ2v) is 6.60. The molecule has 2 aromatic rings. The molecule has 2 rings (SSSR count). The van der Waals surface area contributed by atoms with Crippen molar-refractivity contribution in [3.05, 3.63) is 32.7 Å². The van der Waals surface area contributed by atoms with Crippen LogP contribution in [0.5, 0.6) is 0 Å². The van der Waals surface area contributed by atoms with E-state index in [-0.39, 0.29) is 11.1 Å². The molecule has 0 bridgehead atoms. The molecule has 1 heterocycles. The zero-order valence-corrected chi connectivity index (χ0v) is 13.3. The van der Waals surface area contributed by atoms with Crippen LogP contribution in [-0.2, 0) is 19.5 Å². The van der Waals surface area contributed by atoms with Crippen LogP contribution in [-0.4, -0.2) is 9.13 Å². The van der Waals surface area contributed by atoms with Crippen LogP contribution in [0.3, 0.4) is 0 Å². The predicted octanol–water partition coefficient (Wildman–Crippen LogP) is 3.10. The molecule has 0 saturated carbocycles. The fraction of sp³-hybridized carbons (Fsp3) is 0.562. The third kappa shape index (κ3) is 1.75. The number of aryl methyl sites for hydroxylation is 4. The lowest BCUT2D eigenvalue weighted by atomic mass is 9.79. The summed E-state index contributed by atoms with van der Waals surface area (Å²) in [4.78, 5) is 12.2. The molecule has 1 aromatic heterocycles. The van der Waals surface area contributed by atoms with Crippen LogP contribution in [0.2, 0.25) is 0 Å². The quantitative estimate of drug-likeness (QED) is 0.715. The summed E-state index contributed by atoms with van der Waals surface area (Å²) in [5, 5.41) is 0. The Morgan fingerprint density at radius 1 is 0.789 bits per heavy atom. The van der Waals surface area contributed by atoms with Gasteiger partial charge < -0.3 is 0 Å². The Balaban J connectivity index is 3.15. The summed E-state index contributed by atoms with van der Waals surface area (Å²) in [6.07, 6.45) is 0. The number of rotatable bonds is 0. The molecule has 0 atom stereocenters. The minimum atomic E-state index is 0.0478. The van der Waals surface area contributed by atoms with Crippen LogP contribution in [0.25, 0.3) is 11.0 Å². The normalized spacial score (nSPS) is 12.4. The molecule has 1 aromatic carbocycles. The van der Waals surface area contributed by atoms with Crippen LogP contribution in [0, 0.1) is 20.8 Å². The Kier molecular flexibility index (Phi) is 2.92. The smallest absolute Gasteiger partial charge is 0.295 e. The predicted molar refractivity (Wildman–Crippen MR) is 81.1 cm³/mol. The zero-order chi connectivity index (χ0) is 14.7. The lowest BCUT2D eigenvalue weighted by Crippen LogP contribution is -2.19. The van der Waals surface area contributed by atoms with E-state index in [2.05, 4.69) is 41.5 Å². The SMILES string of the molecule is Cc1c(C(C)(C)C)c(C)c2c(c1C)n(C)c(=O)n2C. The third-order valence-corrected chi connectivity index (χ3v) is 4.24. The van der Waals surface area contributed by atoms with Crippen molar-refractivity contribution in [2.45, 2.75) is 47.0 Å². The van der Waals surface area contributed by atoms with E-state index in [0.29, 0.717) is 0 Å². The van der Waals surface area contributed by atoms with Crippen LogP contribution < -0.4 is 5.69 Å². The molecule has 0 saturated heterocycles. The fourth-order valence-corrected chi connectivity index (χ4v) is 3.48. The standard InChI is InChI=1S/C16H24N2O/c1-9-10(2)13-14(18(8)15(19)17(13)7)11(3)12(9)16(4,5)6/h1-8H3. The van der Waals surface area contributed by atoms with Crippen molar-refractivity contribution in [2.24, 2.45) is 14.1 Å². The maximum Gasteiger partial charge on any atom is 0.328 e. The van der Waals surface area contributed by atoms with E-state index in [9.17, 15) is 4.79 Å². The average Bonchev–Trinajstić information content (AvgIpc) is 2.49. The van der Waals surface area contributed by atoms with E-state index in [4.69, 9.17) is 0 Å². The zero-order valence-electron chi connectivity index (χ0n) is 13.3. The van der Waals surface area contributed by atoms with Crippen molar-refractivity contribution in [3.63, 3.8) is 0 Å². The summed E-state index contributed by atoms with van der Waals surface area (Å²) in [5.74, 6) is 0. The molecule has 104 valence electrons. The molecule has 19 heavy (non-hydrogen) atoms. The molecule has 0 fully saturated rings. The maximum atomic E-state index is 12.2. The van der Waals surface area contributed by atoms with Crippen LogP contribution in [0.15, 0.2) is 4.79 Å². The Labute approximate surface area is 114 Å². The van der Waals surface area contributed by atoms with Crippen LogP contribution in [0.4, 0.5) is 0 Å². The summed E-state index contributed by atoms with van der Waals surface area (Å²) in [7, 11) is 3.71. The Bertz CT molecular complexity index is 724. The van der Waals surface area contributed by atoms with Crippen molar-refractivity contribution in [2.75, 3.05) is 0 Å². The lowest BCUT2D eigenvalue weighted by Gasteiger charge is -2.26. The summed E-state index contributed by atoms with van der Waals surface area (Å²) < 4.78 is 3.53. The van der Waals surface area contributed by atoms with Crippen molar-refractivity contribution >= 4 is 11.0 Å². The minimum Gasteiger partial charge on any atom is -0.295 e. The van der Waals surface area contributed by atoms with Gasteiger partial charge in [-0.2, -0.15) is 0 Å². The highest BCUT2D eigenvalue weighted by Gasteiger charge is 2.25. The van der Waals surface area contributed by atoms with Gasteiger partial charge in [-0.15, -0.1) is 0 Å². The number of benzene rings is 1. The van der Waals surface area contributed by atoms with E-state index in [1.165, 1.54) is 22.3 Å². The molecule has 0 aliphatic carbocycles. The Morgan fingerprint density at radius 2 is 1.21 bits per heavy atom. The maximum absolute atomic E-state index is 12.2. The molecule has 3 heteroatoms. The Morgan fingerprint density at radius 3 is 1.63 bits per heavy atom. The highest BCUT2D eigenvalue weighted by molar-refractivity contribution is 5.86. The first-order valence-electron chi connectivity index (χ1n) is 6.74. The van der Waals surface area contributed by atoms with Crippen LogP contribution in [0.1, 0.15) is 43.0 Å². The molecule has 3 nitrogen and oxygen atoms in total. The van der Waals surface area contributed by atoms with Gasteiger partial charge in [0.25, 0.3) is 0 Å². The summed E-state index contributed by atoms with van der Waals surface area (Å²) in [5.41, 5.74) is 7.37. The Hall–Kier alpha value is -1.51. The minimum absolute atomic E-state index is 0.0478. The first kappa shape index (κ1) is 13.9. The van der Waals surface area contributed by atoms with Gasteiger partial charge in [-0.25, -0.2) is 4.79 Å². The number of aromatic nitrogens is 2. The van der Waals surface area contributed by atoms with Crippen LogP contribution >= 0.6 is 0 Å². The van der Waals surface area contributed by atoms with E-state index in [1.54, 1.807) is 9.13 Å². The van der Waals surface area contributed by atoms with Crippen molar-refractivity contribution in [1.82, 2.24) is 9.13 Å². The second kappa shape index (κ2) is 3.99. The highest BCUT2D eigenvalue weighted by atomic mass is 16.1. The van der Waals surface area contributed by atoms with Gasteiger partial charge in [0.2, 0.25) is 0 Å². The highest BCUT2D eigenvalue weighted by Crippen LogP contribution is 2.35. The molecule has 0 aliphatic rings. The molecule has 0 N–H and O–H groups in total. The first-order chi connectivity index (χ1) is 8.59. The van der Waals surface area contributed by atoms with Crippen molar-refractivity contribution < 1.29 is 0 Å². The summed E-state index contributed by atoms with van der Waals surface area (Å²) >= 11 is 0. The number of imidazole rings is 1. The van der Waals surface area contributed by atoms with Gasteiger partial charge in [-0.3, -0.25) is 9.13 Å². The largest absolute Gasteiger partial charge is 0.328 e. The lowest BCUT2D eigenvalue weighted by molar-refractivity contribution is 0.582. The number of hydrogen-bond acceptors (Lipinski definition) is 1. The number of fused-ring (bicyclic) bond motifs is 1. The summed E-state index contributed by atoms with van der Waals surface area (Å²) in [6.45, 7) is 13.1. The molecule has 0 radical (unpaired) electrons. The van der Waals surface area contributed by atoms with Crippen molar-refractivity contribution in [3.8, 4) is 0 Å². The van der Waals surface area contributed by atoms with Gasteiger partial charge in [0, 0.05) is 14.1 Å². The fourth-order valence-electron chi connectivity index (χ4n) is 3.48. The second-order valence-electron chi connectivity index (χ2n) is 6.60. The van der Waals surface area contributed by atoms with E-state index in [1.807, 2.05) is 14.1 Å². The van der Waals surface area contributed by atoms with E-state index < -0.39 is 0 Å². The summed E-state index contributed by atoms with van der Waals surface area (Å²) in [6, 6.07) is 0. The van der Waals surface area contributed by atoms with E-state index in [0.717, 1.165) is 11.0 Å². The van der Waals surface area contributed by atoms with E-state index >= 15 is 0 Å². The molecular weight excluding hydrogens is 236 g/mol. The number of nitrogens with zero attached hydrogens (tertiary/aromatic N) is 2. The van der Waals surface area contributed by atoms with Gasteiger partial charge in [-0.1, -0.05) is 20.8 Å².